The average Bonchev–Trinajstić information content (AvgIpc) is 2.29. The maximum absolute atomic E-state index is 13.4. The summed E-state index contributed by atoms with van der Waals surface area (Å²) < 4.78 is 26.4. The molecule has 1 fully saturated rings. The summed E-state index contributed by atoms with van der Waals surface area (Å²) in [5.74, 6) is -0.583. The van der Waals surface area contributed by atoms with Crippen molar-refractivity contribution in [3.05, 3.63) is 35.4 Å². The zero-order valence-corrected chi connectivity index (χ0v) is 9.75. The molecule has 1 unspecified atom stereocenters. The van der Waals surface area contributed by atoms with Crippen LogP contribution >= 0.6 is 0 Å². The molecular formula is C13H15F2NO. The van der Waals surface area contributed by atoms with Gasteiger partial charge in [-0.15, -0.1) is 0 Å². The second-order valence-electron chi connectivity index (χ2n) is 4.59. The predicted octanol–water partition coefficient (Wildman–Crippen LogP) is 2.38. The fraction of sp³-hybridized carbons (Fsp3) is 0.462. The van der Waals surface area contributed by atoms with Crippen molar-refractivity contribution in [2.75, 3.05) is 13.1 Å². The molecule has 0 aromatic heterocycles. The Labute approximate surface area is 99.2 Å². The van der Waals surface area contributed by atoms with Crippen molar-refractivity contribution in [2.24, 2.45) is 5.92 Å². The number of halogens is 2. The van der Waals surface area contributed by atoms with Gasteiger partial charge in [-0.05, 0) is 18.2 Å². The summed E-state index contributed by atoms with van der Waals surface area (Å²) in [6.45, 7) is 3.48. The molecule has 1 aromatic rings. The van der Waals surface area contributed by atoms with E-state index in [0.717, 1.165) is 12.1 Å². The summed E-state index contributed by atoms with van der Waals surface area (Å²) in [6.07, 6.45) is 0.498. The lowest BCUT2D eigenvalue weighted by Crippen LogP contribution is -2.39. The van der Waals surface area contributed by atoms with Crippen molar-refractivity contribution >= 4 is 5.78 Å². The minimum Gasteiger partial charge on any atom is -0.299 e. The minimum atomic E-state index is -0.428. The van der Waals surface area contributed by atoms with Crippen LogP contribution in [0.3, 0.4) is 0 Å². The van der Waals surface area contributed by atoms with E-state index in [2.05, 4.69) is 0 Å². The van der Waals surface area contributed by atoms with E-state index >= 15 is 0 Å². The maximum Gasteiger partial charge on any atom is 0.138 e. The predicted molar refractivity (Wildman–Crippen MR) is 60.4 cm³/mol. The number of ketones is 1. The maximum atomic E-state index is 13.4. The number of hydrogen-bond acceptors (Lipinski definition) is 2. The van der Waals surface area contributed by atoms with Crippen LogP contribution in [-0.2, 0) is 11.3 Å². The van der Waals surface area contributed by atoms with Gasteiger partial charge in [0.05, 0.1) is 0 Å². The van der Waals surface area contributed by atoms with E-state index in [1.807, 2.05) is 11.8 Å². The Bertz CT molecular complexity index is 433. The summed E-state index contributed by atoms with van der Waals surface area (Å²) in [5, 5.41) is 0. The van der Waals surface area contributed by atoms with Gasteiger partial charge in [0, 0.05) is 37.5 Å². The van der Waals surface area contributed by atoms with Crippen LogP contribution < -0.4 is 0 Å². The van der Waals surface area contributed by atoms with Gasteiger partial charge in [0.25, 0.3) is 0 Å². The van der Waals surface area contributed by atoms with Gasteiger partial charge in [0.1, 0.15) is 17.4 Å². The van der Waals surface area contributed by atoms with Crippen molar-refractivity contribution in [1.29, 1.82) is 0 Å². The number of carbonyl (C=O) groups is 1. The molecule has 4 heteroatoms. The third-order valence-electron chi connectivity index (χ3n) is 3.16. The first-order valence-corrected chi connectivity index (χ1v) is 5.75. The molecule has 2 rings (SSSR count). The van der Waals surface area contributed by atoms with Crippen LogP contribution in [0.5, 0.6) is 0 Å². The number of hydrogen-bond donors (Lipinski definition) is 0. The number of piperidine rings is 1. The fourth-order valence-corrected chi connectivity index (χ4v) is 2.14. The lowest BCUT2D eigenvalue weighted by Gasteiger charge is -2.29. The molecule has 1 aromatic carbocycles. The van der Waals surface area contributed by atoms with Crippen molar-refractivity contribution in [3.8, 4) is 0 Å². The van der Waals surface area contributed by atoms with Crippen LogP contribution in [0.25, 0.3) is 0 Å². The van der Waals surface area contributed by atoms with E-state index < -0.39 is 11.6 Å². The van der Waals surface area contributed by atoms with E-state index in [0.29, 0.717) is 31.6 Å². The van der Waals surface area contributed by atoms with Crippen molar-refractivity contribution in [2.45, 2.75) is 19.9 Å². The van der Waals surface area contributed by atoms with Crippen LogP contribution in [0.15, 0.2) is 18.2 Å². The van der Waals surface area contributed by atoms with Crippen LogP contribution in [0, 0.1) is 17.6 Å². The molecule has 1 saturated heterocycles. The standard InChI is InChI=1S/C13H15F2NO/c1-9-7-16(5-4-13(9)17)8-10-6-11(14)2-3-12(10)15/h2-3,6,9H,4-5,7-8H2,1H3. The van der Waals surface area contributed by atoms with Crippen molar-refractivity contribution < 1.29 is 13.6 Å². The highest BCUT2D eigenvalue weighted by molar-refractivity contribution is 5.81. The first kappa shape index (κ1) is 12.2. The van der Waals surface area contributed by atoms with Gasteiger partial charge < -0.3 is 0 Å². The van der Waals surface area contributed by atoms with Crippen LogP contribution in [0.2, 0.25) is 0 Å². The van der Waals surface area contributed by atoms with Gasteiger partial charge in [0.15, 0.2) is 0 Å². The van der Waals surface area contributed by atoms with Gasteiger partial charge in [-0.1, -0.05) is 6.92 Å². The van der Waals surface area contributed by atoms with Crippen LogP contribution in [-0.4, -0.2) is 23.8 Å². The minimum absolute atomic E-state index is 0.0135. The molecule has 0 radical (unpaired) electrons. The molecule has 0 amide bonds. The molecule has 1 aliphatic heterocycles. The highest BCUT2D eigenvalue weighted by atomic mass is 19.1. The van der Waals surface area contributed by atoms with Crippen LogP contribution in [0.4, 0.5) is 8.78 Å². The molecule has 0 N–H and O–H groups in total. The van der Waals surface area contributed by atoms with Gasteiger partial charge in [-0.25, -0.2) is 8.78 Å². The third-order valence-corrected chi connectivity index (χ3v) is 3.16. The fourth-order valence-electron chi connectivity index (χ4n) is 2.14. The van der Waals surface area contributed by atoms with Crippen LogP contribution in [0.1, 0.15) is 18.9 Å². The highest BCUT2D eigenvalue weighted by Gasteiger charge is 2.23. The largest absolute Gasteiger partial charge is 0.299 e. The SMILES string of the molecule is CC1CN(Cc2cc(F)ccc2F)CCC1=O. The average molecular weight is 239 g/mol. The van der Waals surface area contributed by atoms with Gasteiger partial charge in [-0.3, -0.25) is 9.69 Å². The molecule has 1 aliphatic rings. The Morgan fingerprint density at radius 1 is 1.41 bits per heavy atom. The quantitative estimate of drug-likeness (QED) is 0.789. The molecule has 0 bridgehead atoms. The summed E-state index contributed by atoms with van der Waals surface area (Å²) in [4.78, 5) is 13.3. The number of Topliss-reactive ketones (excluding diaryl/α,β-unsaturated/α-hetero) is 1. The van der Waals surface area contributed by atoms with E-state index in [4.69, 9.17) is 0 Å². The molecule has 0 spiro atoms. The van der Waals surface area contributed by atoms with Gasteiger partial charge in [0.2, 0.25) is 0 Å². The summed E-state index contributed by atoms with van der Waals surface area (Å²) >= 11 is 0. The normalized spacial score (nSPS) is 21.8. The monoisotopic (exact) mass is 239 g/mol. The van der Waals surface area contributed by atoms with E-state index in [1.54, 1.807) is 0 Å². The lowest BCUT2D eigenvalue weighted by atomic mass is 9.98. The van der Waals surface area contributed by atoms with Gasteiger partial charge in [-0.2, -0.15) is 0 Å². The highest BCUT2D eigenvalue weighted by Crippen LogP contribution is 2.17. The zero-order chi connectivity index (χ0) is 12.4. The Hall–Kier alpha value is -1.29. The molecule has 1 atom stereocenters. The number of rotatable bonds is 2. The first-order chi connectivity index (χ1) is 8.06. The Kier molecular flexibility index (Phi) is 3.52. The summed E-state index contributed by atoms with van der Waals surface area (Å²) in [7, 11) is 0. The lowest BCUT2D eigenvalue weighted by molar-refractivity contribution is -0.125. The number of likely N-dealkylation sites (tertiary alicyclic amines) is 1. The van der Waals surface area contributed by atoms with E-state index in [-0.39, 0.29) is 11.7 Å². The second kappa shape index (κ2) is 4.92. The molecular weight excluding hydrogens is 224 g/mol. The third kappa shape index (κ3) is 2.88. The Morgan fingerprint density at radius 2 is 2.18 bits per heavy atom. The summed E-state index contributed by atoms with van der Waals surface area (Å²) in [6, 6.07) is 3.47. The first-order valence-electron chi connectivity index (χ1n) is 5.75. The smallest absolute Gasteiger partial charge is 0.138 e. The Morgan fingerprint density at radius 3 is 2.88 bits per heavy atom. The molecule has 92 valence electrons. The van der Waals surface area contributed by atoms with Crippen molar-refractivity contribution in [3.63, 3.8) is 0 Å². The molecule has 0 aliphatic carbocycles. The number of nitrogens with zero attached hydrogens (tertiary/aromatic N) is 1. The second-order valence-corrected chi connectivity index (χ2v) is 4.59. The van der Waals surface area contributed by atoms with E-state index in [1.165, 1.54) is 6.07 Å². The molecule has 17 heavy (non-hydrogen) atoms. The zero-order valence-electron chi connectivity index (χ0n) is 9.75. The topological polar surface area (TPSA) is 20.3 Å². The Balaban J connectivity index is 2.06. The number of benzene rings is 1. The molecule has 2 nitrogen and oxygen atoms in total. The number of carbonyl (C=O) groups excluding carboxylic acids is 1. The van der Waals surface area contributed by atoms with Crippen molar-refractivity contribution in [1.82, 2.24) is 4.90 Å². The molecule has 0 saturated carbocycles. The van der Waals surface area contributed by atoms with Gasteiger partial charge >= 0.3 is 0 Å². The van der Waals surface area contributed by atoms with E-state index in [9.17, 15) is 13.6 Å². The molecule has 1 heterocycles. The summed E-state index contributed by atoms with van der Waals surface area (Å²) in [5.41, 5.74) is 0.353.